The molecule has 8 rings (SSSR count). The Morgan fingerprint density at radius 2 is 0.736 bits per heavy atom. The maximum atomic E-state index is 5.86. The molecule has 272 valence electrons. The van der Waals surface area contributed by atoms with Gasteiger partial charge >= 0.3 is 0 Å². The van der Waals surface area contributed by atoms with E-state index in [-0.39, 0.29) is 48.0 Å². The van der Waals surface area contributed by atoms with Crippen molar-refractivity contribution in [2.45, 2.75) is 26.2 Å². The molecular formula is C44H44I2N4O3. The van der Waals surface area contributed by atoms with E-state index >= 15 is 0 Å². The molecule has 0 N–H and O–H groups in total. The van der Waals surface area contributed by atoms with Gasteiger partial charge in [0.15, 0.2) is 0 Å². The number of hydrogen-bond donors (Lipinski definition) is 0. The van der Waals surface area contributed by atoms with Gasteiger partial charge in [-0.2, -0.15) is 0 Å². The third-order valence-electron chi connectivity index (χ3n) is 9.67. The third-order valence-corrected chi connectivity index (χ3v) is 9.67. The van der Waals surface area contributed by atoms with E-state index in [9.17, 15) is 0 Å². The van der Waals surface area contributed by atoms with Crippen molar-refractivity contribution in [1.82, 2.24) is 9.13 Å². The Hall–Kier alpha value is -3.88. The molecule has 0 saturated carbocycles. The largest absolute Gasteiger partial charge is 1.00 e. The van der Waals surface area contributed by atoms with Crippen LogP contribution in [0.1, 0.15) is 11.1 Å². The zero-order chi connectivity index (χ0) is 34.2. The van der Waals surface area contributed by atoms with Crippen LogP contribution in [-0.4, -0.2) is 48.8 Å². The highest BCUT2D eigenvalue weighted by Crippen LogP contribution is 2.29. The summed E-state index contributed by atoms with van der Waals surface area (Å²) in [5, 5.41) is 10.3. The normalized spacial score (nSPS) is 11.3. The second-order valence-corrected chi connectivity index (χ2v) is 13.1. The number of nitrogens with zero attached hydrogens (tertiary/aromatic N) is 4. The molecule has 0 saturated heterocycles. The number of halogens is 2. The van der Waals surface area contributed by atoms with Crippen LogP contribution < -0.4 is 57.1 Å². The first-order valence-corrected chi connectivity index (χ1v) is 17.9. The number of aromatic nitrogens is 4. The molecule has 7 nitrogen and oxygen atoms in total. The lowest BCUT2D eigenvalue weighted by Gasteiger charge is -2.10. The Morgan fingerprint density at radius 1 is 0.415 bits per heavy atom. The van der Waals surface area contributed by atoms with Crippen LogP contribution in [0.15, 0.2) is 147 Å². The van der Waals surface area contributed by atoms with Crippen molar-refractivity contribution in [3.8, 4) is 0 Å². The smallest absolute Gasteiger partial charge is 0.244 e. The van der Waals surface area contributed by atoms with E-state index in [0.29, 0.717) is 39.6 Å². The molecule has 6 aromatic carbocycles. The highest BCUT2D eigenvalue weighted by Gasteiger charge is 2.13. The number of benzene rings is 6. The molecule has 0 radical (unpaired) electrons. The van der Waals surface area contributed by atoms with E-state index < -0.39 is 0 Å². The summed E-state index contributed by atoms with van der Waals surface area (Å²) >= 11 is 0. The van der Waals surface area contributed by atoms with Crippen molar-refractivity contribution in [2.24, 2.45) is 0 Å². The van der Waals surface area contributed by atoms with E-state index in [1.54, 1.807) is 0 Å². The molecule has 0 aliphatic heterocycles. The lowest BCUT2D eigenvalue weighted by molar-refractivity contribution is -0.687. The van der Waals surface area contributed by atoms with E-state index in [0.717, 1.165) is 26.2 Å². The third kappa shape index (κ3) is 9.44. The Balaban J connectivity index is 0.00000240. The van der Waals surface area contributed by atoms with Crippen LogP contribution in [0.2, 0.25) is 0 Å². The van der Waals surface area contributed by atoms with E-state index in [1.165, 1.54) is 54.2 Å². The minimum Gasteiger partial charge on any atom is -1.00 e. The van der Waals surface area contributed by atoms with Crippen molar-refractivity contribution in [3.63, 3.8) is 0 Å². The Morgan fingerprint density at radius 3 is 1.09 bits per heavy atom. The van der Waals surface area contributed by atoms with Crippen molar-refractivity contribution >= 4 is 43.1 Å². The van der Waals surface area contributed by atoms with Gasteiger partial charge in [0.1, 0.15) is 51.0 Å². The van der Waals surface area contributed by atoms with Crippen LogP contribution in [0.25, 0.3) is 43.1 Å². The lowest BCUT2D eigenvalue weighted by Crippen LogP contribution is -3.00. The Labute approximate surface area is 344 Å². The van der Waals surface area contributed by atoms with Gasteiger partial charge in [-0.3, -0.25) is 0 Å². The predicted molar refractivity (Wildman–Crippen MR) is 203 cm³/mol. The fourth-order valence-corrected chi connectivity index (χ4v) is 7.13. The zero-order valence-corrected chi connectivity index (χ0v) is 34.0. The fourth-order valence-electron chi connectivity index (χ4n) is 7.13. The van der Waals surface area contributed by atoms with Gasteiger partial charge in [0.05, 0.1) is 39.6 Å². The van der Waals surface area contributed by atoms with Gasteiger partial charge in [0, 0.05) is 11.1 Å². The van der Waals surface area contributed by atoms with Gasteiger partial charge in [-0.05, 0) is 55.2 Å². The maximum absolute atomic E-state index is 5.86. The molecule has 0 amide bonds. The first-order chi connectivity index (χ1) is 25.3. The summed E-state index contributed by atoms with van der Waals surface area (Å²) in [6.07, 6.45) is 12.8. The zero-order valence-electron chi connectivity index (χ0n) is 29.7. The molecule has 0 aliphatic rings. The molecule has 0 fully saturated rings. The van der Waals surface area contributed by atoms with Crippen LogP contribution in [0.4, 0.5) is 0 Å². The summed E-state index contributed by atoms with van der Waals surface area (Å²) in [5.74, 6) is 0. The predicted octanol–water partition coefficient (Wildman–Crippen LogP) is 1.33. The standard InChI is InChI=1S/C44H44N4O3.2HI/c1-5-13-39-35(9-1)29-36-10-2-6-14-40(36)43(39)31-47-19-17-45(33-47)21-23-49-25-27-51-28-26-50-24-22-46-18-20-48(34-46)32-44-41-15-7-3-11-37(41)30-38-12-4-8-16-42(38)44;;/h1-20,29-30,33-34H,21-28,31-32H2;2*1H/q+2;;/p-2. The fraction of sp³-hybridized carbons (Fsp3) is 0.227. The molecule has 0 atom stereocenters. The number of rotatable bonds is 16. The number of hydrogen-bond acceptors (Lipinski definition) is 3. The second kappa shape index (κ2) is 18.9. The quantitative estimate of drug-likeness (QED) is 0.0637. The molecule has 2 heterocycles. The van der Waals surface area contributed by atoms with E-state index in [4.69, 9.17) is 14.2 Å². The van der Waals surface area contributed by atoms with Gasteiger partial charge in [-0.25, -0.2) is 18.3 Å². The van der Waals surface area contributed by atoms with Gasteiger partial charge in [-0.15, -0.1) is 0 Å². The lowest BCUT2D eigenvalue weighted by atomic mass is 9.97. The topological polar surface area (TPSA) is 45.3 Å². The van der Waals surface area contributed by atoms with Crippen molar-refractivity contribution in [2.75, 3.05) is 39.6 Å². The number of fused-ring (bicyclic) bond motifs is 4. The first-order valence-electron chi connectivity index (χ1n) is 17.9. The van der Waals surface area contributed by atoms with Crippen molar-refractivity contribution < 1.29 is 71.3 Å². The van der Waals surface area contributed by atoms with E-state index in [1.807, 2.05) is 0 Å². The molecule has 53 heavy (non-hydrogen) atoms. The van der Waals surface area contributed by atoms with Crippen molar-refractivity contribution in [3.05, 3.63) is 158 Å². The van der Waals surface area contributed by atoms with Crippen LogP contribution in [0, 0.1) is 0 Å². The van der Waals surface area contributed by atoms with Crippen LogP contribution in [0.5, 0.6) is 0 Å². The van der Waals surface area contributed by atoms with Gasteiger partial charge in [0.2, 0.25) is 12.7 Å². The summed E-state index contributed by atoms with van der Waals surface area (Å²) in [6, 6.07) is 39.2. The van der Waals surface area contributed by atoms with Gasteiger partial charge < -0.3 is 62.2 Å². The summed E-state index contributed by atoms with van der Waals surface area (Å²) in [7, 11) is 0. The Kier molecular flexibility index (Phi) is 13.9. The molecule has 0 aliphatic carbocycles. The van der Waals surface area contributed by atoms with Crippen LogP contribution >= 0.6 is 0 Å². The average molecular weight is 931 g/mol. The maximum Gasteiger partial charge on any atom is 0.244 e. The van der Waals surface area contributed by atoms with Crippen LogP contribution in [0.3, 0.4) is 0 Å². The molecule has 8 aromatic rings. The molecular weight excluding hydrogens is 886 g/mol. The SMILES string of the molecule is [I-].[I-].c1ccc2c(C[n+]3ccn(CCOCCOCCOCCn4cc[n+](Cc5c6ccccc6cc6ccccc56)c4)c3)c3ccccc3cc2c1. The Bertz CT molecular complexity index is 2130. The summed E-state index contributed by atoms with van der Waals surface area (Å²) in [5.41, 5.74) is 2.70. The van der Waals surface area contributed by atoms with E-state index in [2.05, 4.69) is 165 Å². The summed E-state index contributed by atoms with van der Waals surface area (Å²) in [6.45, 7) is 6.76. The molecule has 9 heteroatoms. The summed E-state index contributed by atoms with van der Waals surface area (Å²) < 4.78 is 26.3. The second-order valence-electron chi connectivity index (χ2n) is 13.1. The molecule has 2 aromatic heterocycles. The monoisotopic (exact) mass is 930 g/mol. The number of imidazole rings is 2. The average Bonchev–Trinajstić information content (AvgIpc) is 3.82. The highest BCUT2D eigenvalue weighted by molar-refractivity contribution is 6.03. The number of ether oxygens (including phenoxy) is 3. The molecule has 0 spiro atoms. The van der Waals surface area contributed by atoms with Crippen molar-refractivity contribution in [1.29, 1.82) is 0 Å². The summed E-state index contributed by atoms with van der Waals surface area (Å²) in [4.78, 5) is 0. The molecule has 0 bridgehead atoms. The highest BCUT2D eigenvalue weighted by atomic mass is 127. The van der Waals surface area contributed by atoms with Crippen LogP contribution in [-0.2, 0) is 40.4 Å². The minimum atomic E-state index is 0. The molecule has 0 unspecified atom stereocenters. The van der Waals surface area contributed by atoms with Gasteiger partial charge in [0.25, 0.3) is 0 Å². The first kappa shape index (κ1) is 38.8. The minimum absolute atomic E-state index is 0. The van der Waals surface area contributed by atoms with Gasteiger partial charge in [-0.1, -0.05) is 97.1 Å².